The fraction of sp³-hybridized carbons (Fsp3) is 0.500. The zero-order chi connectivity index (χ0) is 11.4. The average Bonchev–Trinajstić information content (AvgIpc) is 3.05. The first-order chi connectivity index (χ1) is 7.78. The summed E-state index contributed by atoms with van der Waals surface area (Å²) in [5.41, 5.74) is 1.02. The minimum Gasteiger partial charge on any atom is -0.381 e. The van der Waals surface area contributed by atoms with Crippen LogP contribution < -0.4 is 10.6 Å². The zero-order valence-electron chi connectivity index (χ0n) is 9.49. The topological polar surface area (TPSA) is 54.0 Å². The largest absolute Gasteiger partial charge is 0.381 e. The molecule has 1 aromatic rings. The molecule has 0 aromatic carbocycles. The number of carbonyl (C=O) groups is 1. The van der Waals surface area contributed by atoms with Gasteiger partial charge in [-0.2, -0.15) is 0 Å². The van der Waals surface area contributed by atoms with Crippen LogP contribution in [0, 0.1) is 0 Å². The monoisotopic (exact) mass is 219 g/mol. The van der Waals surface area contributed by atoms with Gasteiger partial charge in [-0.1, -0.05) is 6.92 Å². The van der Waals surface area contributed by atoms with E-state index in [1.165, 1.54) is 12.8 Å². The molecule has 1 aliphatic rings. The van der Waals surface area contributed by atoms with Crippen LogP contribution in [0.5, 0.6) is 0 Å². The molecule has 86 valence electrons. The highest BCUT2D eigenvalue weighted by Crippen LogP contribution is 2.24. The van der Waals surface area contributed by atoms with E-state index in [-0.39, 0.29) is 5.91 Å². The molecular weight excluding hydrogens is 202 g/mol. The van der Waals surface area contributed by atoms with Gasteiger partial charge in [0.1, 0.15) is 5.82 Å². The van der Waals surface area contributed by atoms with E-state index in [0.29, 0.717) is 18.3 Å². The highest BCUT2D eigenvalue weighted by atomic mass is 16.1. The third-order valence-electron chi connectivity index (χ3n) is 2.46. The summed E-state index contributed by atoms with van der Waals surface area (Å²) in [7, 11) is 0. The SMILES string of the molecule is CCCC(=O)Nc1ccc(NC2CC2)cn1. The number of rotatable bonds is 5. The molecule has 0 bridgehead atoms. The van der Waals surface area contributed by atoms with Gasteiger partial charge in [0.25, 0.3) is 0 Å². The molecule has 0 atom stereocenters. The van der Waals surface area contributed by atoms with Crippen molar-refractivity contribution in [1.82, 2.24) is 4.98 Å². The average molecular weight is 219 g/mol. The van der Waals surface area contributed by atoms with Gasteiger partial charge in [-0.05, 0) is 31.4 Å². The van der Waals surface area contributed by atoms with E-state index in [9.17, 15) is 4.79 Å². The van der Waals surface area contributed by atoms with Gasteiger partial charge in [-0.3, -0.25) is 4.79 Å². The van der Waals surface area contributed by atoms with E-state index in [1.54, 1.807) is 6.20 Å². The first kappa shape index (κ1) is 10.9. The van der Waals surface area contributed by atoms with Gasteiger partial charge in [0, 0.05) is 12.5 Å². The first-order valence-electron chi connectivity index (χ1n) is 5.80. The smallest absolute Gasteiger partial charge is 0.225 e. The first-order valence-corrected chi connectivity index (χ1v) is 5.80. The highest BCUT2D eigenvalue weighted by molar-refractivity contribution is 5.89. The van der Waals surface area contributed by atoms with E-state index in [1.807, 2.05) is 19.1 Å². The Balaban J connectivity index is 1.87. The van der Waals surface area contributed by atoms with Crippen molar-refractivity contribution in [2.45, 2.75) is 38.6 Å². The van der Waals surface area contributed by atoms with Crippen LogP contribution in [-0.4, -0.2) is 16.9 Å². The van der Waals surface area contributed by atoms with Gasteiger partial charge >= 0.3 is 0 Å². The molecule has 1 aliphatic carbocycles. The molecule has 4 heteroatoms. The van der Waals surface area contributed by atoms with Crippen LogP contribution in [0.15, 0.2) is 18.3 Å². The van der Waals surface area contributed by atoms with Gasteiger partial charge in [0.05, 0.1) is 11.9 Å². The summed E-state index contributed by atoms with van der Waals surface area (Å²) in [5, 5.41) is 6.11. The molecule has 2 rings (SSSR count). The highest BCUT2D eigenvalue weighted by Gasteiger charge is 2.20. The summed E-state index contributed by atoms with van der Waals surface area (Å²) in [5.74, 6) is 0.651. The lowest BCUT2D eigenvalue weighted by Crippen LogP contribution is -2.11. The molecule has 16 heavy (non-hydrogen) atoms. The van der Waals surface area contributed by atoms with Crippen molar-refractivity contribution in [3.05, 3.63) is 18.3 Å². The fourth-order valence-electron chi connectivity index (χ4n) is 1.45. The molecule has 0 saturated heterocycles. The quantitative estimate of drug-likeness (QED) is 0.799. The summed E-state index contributed by atoms with van der Waals surface area (Å²) in [6, 6.07) is 4.41. The molecular formula is C12H17N3O. The Kier molecular flexibility index (Phi) is 3.39. The maximum Gasteiger partial charge on any atom is 0.225 e. The molecule has 0 unspecified atom stereocenters. The summed E-state index contributed by atoms with van der Waals surface area (Å²) >= 11 is 0. The molecule has 1 heterocycles. The number of hydrogen-bond donors (Lipinski definition) is 2. The Labute approximate surface area is 95.5 Å². The predicted octanol–water partition coefficient (Wildman–Crippen LogP) is 2.39. The normalized spacial score (nSPS) is 14.6. The van der Waals surface area contributed by atoms with Gasteiger partial charge in [-0.25, -0.2) is 4.98 Å². The van der Waals surface area contributed by atoms with Crippen LogP contribution in [0.1, 0.15) is 32.6 Å². The number of anilines is 2. The second-order valence-corrected chi connectivity index (χ2v) is 4.15. The zero-order valence-corrected chi connectivity index (χ0v) is 9.49. The summed E-state index contributed by atoms with van der Waals surface area (Å²) in [4.78, 5) is 15.5. The molecule has 1 amide bonds. The van der Waals surface area contributed by atoms with E-state index < -0.39 is 0 Å². The van der Waals surface area contributed by atoms with Crippen LogP contribution in [0.2, 0.25) is 0 Å². The second-order valence-electron chi connectivity index (χ2n) is 4.15. The summed E-state index contributed by atoms with van der Waals surface area (Å²) < 4.78 is 0. The maximum absolute atomic E-state index is 11.3. The molecule has 2 N–H and O–H groups in total. The van der Waals surface area contributed by atoms with E-state index in [4.69, 9.17) is 0 Å². The lowest BCUT2D eigenvalue weighted by Gasteiger charge is -2.06. The molecule has 4 nitrogen and oxygen atoms in total. The second kappa shape index (κ2) is 4.96. The Morgan fingerprint density at radius 2 is 2.31 bits per heavy atom. The van der Waals surface area contributed by atoms with Crippen molar-refractivity contribution in [1.29, 1.82) is 0 Å². The van der Waals surface area contributed by atoms with Crippen LogP contribution in [0.4, 0.5) is 11.5 Å². The lowest BCUT2D eigenvalue weighted by molar-refractivity contribution is -0.116. The van der Waals surface area contributed by atoms with Gasteiger partial charge in [0.15, 0.2) is 0 Å². The Bertz CT molecular complexity index is 357. The minimum atomic E-state index is 0.0258. The molecule has 1 fully saturated rings. The lowest BCUT2D eigenvalue weighted by atomic mass is 10.3. The van der Waals surface area contributed by atoms with Gasteiger partial charge in [-0.15, -0.1) is 0 Å². The third-order valence-corrected chi connectivity index (χ3v) is 2.46. The number of amides is 1. The Morgan fingerprint density at radius 3 is 2.88 bits per heavy atom. The van der Waals surface area contributed by atoms with Crippen LogP contribution >= 0.6 is 0 Å². The third kappa shape index (κ3) is 3.22. The van der Waals surface area contributed by atoms with Crippen molar-refractivity contribution >= 4 is 17.4 Å². The predicted molar refractivity (Wildman–Crippen MR) is 64.4 cm³/mol. The van der Waals surface area contributed by atoms with E-state index in [0.717, 1.165) is 12.1 Å². The molecule has 0 aliphatic heterocycles. The number of nitrogens with zero attached hydrogens (tertiary/aromatic N) is 1. The summed E-state index contributed by atoms with van der Waals surface area (Å²) in [6.07, 6.45) is 5.65. The Morgan fingerprint density at radius 1 is 1.50 bits per heavy atom. The minimum absolute atomic E-state index is 0.0258. The molecule has 0 spiro atoms. The number of nitrogens with one attached hydrogen (secondary N) is 2. The van der Waals surface area contributed by atoms with Crippen LogP contribution in [-0.2, 0) is 4.79 Å². The maximum atomic E-state index is 11.3. The molecule has 1 aromatic heterocycles. The summed E-state index contributed by atoms with van der Waals surface area (Å²) in [6.45, 7) is 1.98. The standard InChI is InChI=1S/C12H17N3O/c1-2-3-12(16)15-11-7-6-10(8-13-11)14-9-4-5-9/h6-9,14H,2-5H2,1H3,(H,13,15,16). The van der Waals surface area contributed by atoms with Gasteiger partial charge in [0.2, 0.25) is 5.91 Å². The number of aromatic nitrogens is 1. The van der Waals surface area contributed by atoms with Crippen LogP contribution in [0.3, 0.4) is 0 Å². The van der Waals surface area contributed by atoms with E-state index >= 15 is 0 Å². The molecule has 1 saturated carbocycles. The molecule has 0 radical (unpaired) electrons. The number of hydrogen-bond acceptors (Lipinski definition) is 3. The van der Waals surface area contributed by atoms with Crippen molar-refractivity contribution in [3.8, 4) is 0 Å². The van der Waals surface area contributed by atoms with Crippen molar-refractivity contribution in [3.63, 3.8) is 0 Å². The van der Waals surface area contributed by atoms with Crippen molar-refractivity contribution < 1.29 is 4.79 Å². The number of carbonyl (C=O) groups excluding carboxylic acids is 1. The van der Waals surface area contributed by atoms with Gasteiger partial charge < -0.3 is 10.6 Å². The van der Waals surface area contributed by atoms with Crippen LogP contribution in [0.25, 0.3) is 0 Å². The van der Waals surface area contributed by atoms with Crippen molar-refractivity contribution in [2.24, 2.45) is 0 Å². The Hall–Kier alpha value is -1.58. The van der Waals surface area contributed by atoms with E-state index in [2.05, 4.69) is 15.6 Å². The number of pyridine rings is 1. The van der Waals surface area contributed by atoms with Crippen molar-refractivity contribution in [2.75, 3.05) is 10.6 Å². The fourth-order valence-corrected chi connectivity index (χ4v) is 1.45.